The van der Waals surface area contributed by atoms with E-state index < -0.39 is 18.0 Å². The van der Waals surface area contributed by atoms with E-state index in [0.29, 0.717) is 17.5 Å². The normalized spacial score (nSPS) is 11.9. The highest BCUT2D eigenvalue weighted by molar-refractivity contribution is 7.13. The number of esters is 1. The van der Waals surface area contributed by atoms with E-state index in [1.54, 1.807) is 13.0 Å². The molecule has 0 fully saturated rings. The molecule has 0 aliphatic carbocycles. The number of hydrogen-bond donors (Lipinski definition) is 1. The van der Waals surface area contributed by atoms with Gasteiger partial charge < -0.3 is 19.1 Å². The van der Waals surface area contributed by atoms with Crippen LogP contribution in [0.15, 0.2) is 32.6 Å². The van der Waals surface area contributed by atoms with E-state index in [1.807, 2.05) is 17.5 Å². The van der Waals surface area contributed by atoms with Gasteiger partial charge in [0.1, 0.15) is 5.76 Å². The van der Waals surface area contributed by atoms with Crippen LogP contribution >= 0.6 is 11.3 Å². The smallest absolute Gasteiger partial charge is 0.307 e. The lowest BCUT2D eigenvalue weighted by atomic mass is 10.3. The number of carbonyl (C=O) groups excluding carboxylic acids is 2. The van der Waals surface area contributed by atoms with Gasteiger partial charge in [0.2, 0.25) is 11.7 Å². The lowest BCUT2D eigenvalue weighted by Gasteiger charge is -2.11. The number of carbonyl (C=O) groups is 2. The number of amides is 1. The molecule has 0 unspecified atom stereocenters. The summed E-state index contributed by atoms with van der Waals surface area (Å²) in [6, 6.07) is 5.33. The van der Waals surface area contributed by atoms with Crippen LogP contribution in [0.1, 0.15) is 25.0 Å². The highest BCUT2D eigenvalue weighted by Crippen LogP contribution is 2.21. The van der Waals surface area contributed by atoms with Gasteiger partial charge in [-0.3, -0.25) is 9.59 Å². The fourth-order valence-corrected chi connectivity index (χ4v) is 2.68. The molecule has 0 aliphatic rings. The minimum atomic E-state index is -0.969. The molecule has 0 bridgehead atoms. The first kappa shape index (κ1) is 17.8. The molecule has 1 amide bonds. The Hall–Kier alpha value is -3.01. The molecule has 3 heterocycles. The van der Waals surface area contributed by atoms with Crippen molar-refractivity contribution in [2.45, 2.75) is 32.8 Å². The molecular weight excluding hydrogens is 360 g/mol. The van der Waals surface area contributed by atoms with E-state index in [0.717, 1.165) is 4.88 Å². The zero-order valence-electron chi connectivity index (χ0n) is 14.1. The number of hydrogen-bond acceptors (Lipinski definition) is 9. The van der Waals surface area contributed by atoms with Gasteiger partial charge in [-0.15, -0.1) is 11.3 Å². The summed E-state index contributed by atoms with van der Waals surface area (Å²) in [5.74, 6) is 0.609. The Bertz CT molecular complexity index is 886. The monoisotopic (exact) mass is 376 g/mol. The molecule has 10 heteroatoms. The first-order valence-corrected chi connectivity index (χ1v) is 8.69. The molecule has 26 heavy (non-hydrogen) atoms. The van der Waals surface area contributed by atoms with Crippen molar-refractivity contribution in [1.82, 2.24) is 15.3 Å². The zero-order valence-corrected chi connectivity index (χ0v) is 14.9. The van der Waals surface area contributed by atoms with Gasteiger partial charge in [-0.05, 0) is 25.3 Å². The van der Waals surface area contributed by atoms with Crippen molar-refractivity contribution < 1.29 is 23.4 Å². The van der Waals surface area contributed by atoms with Crippen LogP contribution in [0.5, 0.6) is 0 Å². The molecule has 0 aromatic carbocycles. The van der Waals surface area contributed by atoms with Crippen LogP contribution < -0.4 is 5.32 Å². The third-order valence-electron chi connectivity index (χ3n) is 3.31. The molecule has 3 aromatic rings. The third kappa shape index (κ3) is 4.54. The van der Waals surface area contributed by atoms with Gasteiger partial charge in [-0.25, -0.2) is 0 Å². The van der Waals surface area contributed by atoms with Crippen molar-refractivity contribution in [2.75, 3.05) is 5.32 Å². The molecule has 0 saturated heterocycles. The number of thiophene rings is 1. The quantitative estimate of drug-likeness (QED) is 0.625. The lowest BCUT2D eigenvalue weighted by molar-refractivity contribution is -0.153. The molecule has 1 N–H and O–H groups in total. The van der Waals surface area contributed by atoms with E-state index in [9.17, 15) is 9.59 Å². The number of aryl methyl sites for hydroxylation is 2. The van der Waals surface area contributed by atoms with E-state index in [1.165, 1.54) is 18.3 Å². The maximum Gasteiger partial charge on any atom is 0.307 e. The van der Waals surface area contributed by atoms with Gasteiger partial charge in [0.15, 0.2) is 11.9 Å². The molecule has 136 valence electrons. The predicted molar refractivity (Wildman–Crippen MR) is 91.4 cm³/mol. The molecule has 3 rings (SSSR count). The second-order valence-corrected chi connectivity index (χ2v) is 6.38. The Morgan fingerprint density at radius 1 is 1.35 bits per heavy atom. The second-order valence-electron chi connectivity index (χ2n) is 5.43. The first-order valence-electron chi connectivity index (χ1n) is 7.81. The summed E-state index contributed by atoms with van der Waals surface area (Å²) in [5.41, 5.74) is 0. The Labute approximate surface area is 152 Å². The number of rotatable bonds is 7. The van der Waals surface area contributed by atoms with Crippen LogP contribution in [0.25, 0.3) is 10.7 Å². The van der Waals surface area contributed by atoms with Gasteiger partial charge in [-0.2, -0.15) is 4.98 Å². The van der Waals surface area contributed by atoms with Crippen LogP contribution in [-0.4, -0.2) is 33.3 Å². The van der Waals surface area contributed by atoms with E-state index in [2.05, 4.69) is 20.6 Å². The van der Waals surface area contributed by atoms with Crippen molar-refractivity contribution in [1.29, 1.82) is 0 Å². The molecule has 9 nitrogen and oxygen atoms in total. The average molecular weight is 376 g/mol. The van der Waals surface area contributed by atoms with Crippen molar-refractivity contribution in [2.24, 2.45) is 0 Å². The molecule has 0 radical (unpaired) electrons. The molecule has 0 aliphatic heterocycles. The lowest BCUT2D eigenvalue weighted by Crippen LogP contribution is -2.30. The summed E-state index contributed by atoms with van der Waals surface area (Å²) in [4.78, 5) is 29.0. The summed E-state index contributed by atoms with van der Waals surface area (Å²) in [6.45, 7) is 3.18. The van der Waals surface area contributed by atoms with Gasteiger partial charge in [-0.1, -0.05) is 16.4 Å². The Balaban J connectivity index is 1.45. The maximum absolute atomic E-state index is 12.0. The maximum atomic E-state index is 12.0. The molecular formula is C16H16N4O5S. The summed E-state index contributed by atoms with van der Waals surface area (Å²) < 4.78 is 15.1. The molecule has 0 saturated carbocycles. The van der Waals surface area contributed by atoms with E-state index >= 15 is 0 Å². The molecule has 1 atom stereocenters. The zero-order chi connectivity index (χ0) is 18.5. The standard InChI is InChI=1S/C16H16N4O5S/c1-9-8-12(19-24-9)17-16(22)10(2)23-14(21)6-5-13-18-15(20-25-13)11-4-3-7-26-11/h3-4,7-8,10H,5-6H2,1-2H3,(H,17,19,22)/t10-/m1/s1. The average Bonchev–Trinajstić information content (AvgIpc) is 3.34. The highest BCUT2D eigenvalue weighted by atomic mass is 32.1. The fraction of sp³-hybridized carbons (Fsp3) is 0.312. The van der Waals surface area contributed by atoms with Gasteiger partial charge in [0.05, 0.1) is 11.3 Å². The Kier molecular flexibility index (Phi) is 5.42. The van der Waals surface area contributed by atoms with Crippen molar-refractivity contribution in [3.8, 4) is 10.7 Å². The van der Waals surface area contributed by atoms with Crippen LogP contribution in [0.4, 0.5) is 5.82 Å². The number of anilines is 1. The number of ether oxygens (including phenoxy) is 1. The number of aromatic nitrogens is 3. The van der Waals surface area contributed by atoms with E-state index in [4.69, 9.17) is 13.8 Å². The summed E-state index contributed by atoms with van der Waals surface area (Å²) in [6.07, 6.45) is -0.718. The predicted octanol–water partition coefficient (Wildman–Crippen LogP) is 2.60. The summed E-state index contributed by atoms with van der Waals surface area (Å²) in [5, 5.41) is 11.9. The van der Waals surface area contributed by atoms with Crippen LogP contribution in [-0.2, 0) is 20.7 Å². The van der Waals surface area contributed by atoms with Crippen LogP contribution in [0.2, 0.25) is 0 Å². The van der Waals surface area contributed by atoms with Gasteiger partial charge in [0.25, 0.3) is 5.91 Å². The topological polar surface area (TPSA) is 120 Å². The number of nitrogens with one attached hydrogen (secondary N) is 1. The third-order valence-corrected chi connectivity index (χ3v) is 4.18. The molecule has 3 aromatic heterocycles. The summed E-state index contributed by atoms with van der Waals surface area (Å²) in [7, 11) is 0. The molecule has 0 spiro atoms. The SMILES string of the molecule is Cc1cc(NC(=O)[C@@H](C)OC(=O)CCc2nc(-c3cccs3)no2)no1. The van der Waals surface area contributed by atoms with Gasteiger partial charge >= 0.3 is 5.97 Å². The largest absolute Gasteiger partial charge is 0.453 e. The Morgan fingerprint density at radius 2 is 2.19 bits per heavy atom. The minimum absolute atomic E-state index is 0.0206. The second kappa shape index (κ2) is 7.91. The number of nitrogens with zero attached hydrogens (tertiary/aromatic N) is 3. The first-order chi connectivity index (χ1) is 12.5. The van der Waals surface area contributed by atoms with Gasteiger partial charge in [0, 0.05) is 12.5 Å². The minimum Gasteiger partial charge on any atom is -0.453 e. The van der Waals surface area contributed by atoms with Crippen LogP contribution in [0.3, 0.4) is 0 Å². The Morgan fingerprint density at radius 3 is 2.88 bits per heavy atom. The van der Waals surface area contributed by atoms with E-state index in [-0.39, 0.29) is 18.7 Å². The fourth-order valence-electron chi connectivity index (χ4n) is 2.03. The summed E-state index contributed by atoms with van der Waals surface area (Å²) >= 11 is 1.49. The van der Waals surface area contributed by atoms with Crippen LogP contribution in [0, 0.1) is 6.92 Å². The van der Waals surface area contributed by atoms with Crippen molar-refractivity contribution in [3.63, 3.8) is 0 Å². The van der Waals surface area contributed by atoms with Crippen molar-refractivity contribution in [3.05, 3.63) is 35.2 Å². The van der Waals surface area contributed by atoms with Crippen molar-refractivity contribution >= 4 is 29.0 Å². The highest BCUT2D eigenvalue weighted by Gasteiger charge is 2.20.